The number of ether oxygens (including phenoxy) is 1. The zero-order valence-corrected chi connectivity index (χ0v) is 17.2. The molecule has 9 nitrogen and oxygen atoms in total. The molecular weight excluding hydrogens is 412 g/mol. The highest BCUT2D eigenvalue weighted by Gasteiger charge is 2.45. The van der Waals surface area contributed by atoms with E-state index in [1.54, 1.807) is 18.2 Å². The largest absolute Gasteiger partial charge is 0.488 e. The molecule has 1 atom stereocenters. The topological polar surface area (TPSA) is 117 Å². The van der Waals surface area contributed by atoms with Crippen molar-refractivity contribution in [2.24, 2.45) is 0 Å². The molecule has 1 unspecified atom stereocenters. The summed E-state index contributed by atoms with van der Waals surface area (Å²) in [7, 11) is 0. The Morgan fingerprint density at radius 2 is 1.78 bits per heavy atom. The summed E-state index contributed by atoms with van der Waals surface area (Å²) in [4.78, 5) is 50.7. The molecular formula is C23H22N4O5. The number of nitrogens with zero attached hydrogens (tertiary/aromatic N) is 1. The predicted octanol–water partition coefficient (Wildman–Crippen LogP) is 1.05. The lowest BCUT2D eigenvalue weighted by atomic mass is 10.0. The van der Waals surface area contributed by atoms with E-state index in [1.807, 2.05) is 24.3 Å². The highest BCUT2D eigenvalue weighted by atomic mass is 16.5. The number of hydrogen-bond acceptors (Lipinski definition) is 7. The number of rotatable bonds is 6. The normalized spacial score (nSPS) is 20.6. The van der Waals surface area contributed by atoms with Crippen molar-refractivity contribution in [3.8, 4) is 5.75 Å². The quantitative estimate of drug-likeness (QED) is 0.582. The summed E-state index contributed by atoms with van der Waals surface area (Å²) in [5.74, 6) is -1.23. The Balaban J connectivity index is 1.31. The van der Waals surface area contributed by atoms with Gasteiger partial charge in [-0.2, -0.15) is 0 Å². The van der Waals surface area contributed by atoms with E-state index in [-0.39, 0.29) is 24.5 Å². The number of anilines is 1. The highest BCUT2D eigenvalue weighted by molar-refractivity contribution is 6.24. The summed E-state index contributed by atoms with van der Waals surface area (Å²) in [5.41, 5.74) is 2.08. The van der Waals surface area contributed by atoms with Gasteiger partial charge in [-0.3, -0.25) is 29.4 Å². The van der Waals surface area contributed by atoms with Crippen LogP contribution in [0, 0.1) is 0 Å². The third kappa shape index (κ3) is 3.60. The van der Waals surface area contributed by atoms with E-state index in [9.17, 15) is 19.2 Å². The number of nitrogens with one attached hydrogen (secondary N) is 3. The van der Waals surface area contributed by atoms with Gasteiger partial charge in [0.1, 0.15) is 17.9 Å². The van der Waals surface area contributed by atoms with Crippen molar-refractivity contribution in [3.05, 3.63) is 59.2 Å². The lowest BCUT2D eigenvalue weighted by Gasteiger charge is -2.28. The number of carbonyl (C=O) groups is 4. The summed E-state index contributed by atoms with van der Waals surface area (Å²) in [6.45, 7) is 2.03. The standard InChI is InChI=1S/C23H22N4O5/c28-19-9-8-18(21(29)26-19)27-22(30)17-3-1-2-13(20(17)23(27)31)10-25-14-4-6-15(7-5-14)32-16-11-24-12-16/h1-7,16,18,24-25H,8-12H2,(H,26,28,29). The molecule has 0 spiro atoms. The van der Waals surface area contributed by atoms with Crippen molar-refractivity contribution >= 4 is 29.3 Å². The number of hydrogen-bond donors (Lipinski definition) is 3. The maximum Gasteiger partial charge on any atom is 0.262 e. The second-order valence-corrected chi connectivity index (χ2v) is 8.06. The van der Waals surface area contributed by atoms with Gasteiger partial charge < -0.3 is 15.4 Å². The first-order valence-corrected chi connectivity index (χ1v) is 10.6. The number of fused-ring (bicyclic) bond motifs is 1. The van der Waals surface area contributed by atoms with E-state index in [0.29, 0.717) is 17.7 Å². The molecule has 5 rings (SSSR count). The minimum absolute atomic E-state index is 0.0925. The minimum Gasteiger partial charge on any atom is -0.488 e. The van der Waals surface area contributed by atoms with E-state index in [1.165, 1.54) is 0 Å². The first-order chi connectivity index (χ1) is 15.5. The van der Waals surface area contributed by atoms with Crippen molar-refractivity contribution in [3.63, 3.8) is 0 Å². The van der Waals surface area contributed by atoms with Crippen LogP contribution in [0.1, 0.15) is 39.1 Å². The Hall–Kier alpha value is -3.72. The zero-order valence-electron chi connectivity index (χ0n) is 17.2. The molecule has 0 saturated carbocycles. The van der Waals surface area contributed by atoms with Crippen molar-refractivity contribution in [1.82, 2.24) is 15.5 Å². The number of imide groups is 2. The van der Waals surface area contributed by atoms with Crippen LogP contribution in [0.15, 0.2) is 42.5 Å². The zero-order chi connectivity index (χ0) is 22.2. The molecule has 32 heavy (non-hydrogen) atoms. The Morgan fingerprint density at radius 3 is 2.47 bits per heavy atom. The molecule has 2 aromatic rings. The average molecular weight is 434 g/mol. The molecule has 3 aliphatic heterocycles. The first kappa shape index (κ1) is 20.2. The van der Waals surface area contributed by atoms with Crippen LogP contribution in [0.5, 0.6) is 5.75 Å². The molecule has 3 aliphatic rings. The monoisotopic (exact) mass is 434 g/mol. The van der Waals surface area contributed by atoms with Gasteiger partial charge in [0.05, 0.1) is 11.1 Å². The molecule has 4 amide bonds. The van der Waals surface area contributed by atoms with Gasteiger partial charge in [0.2, 0.25) is 11.8 Å². The van der Waals surface area contributed by atoms with E-state index in [2.05, 4.69) is 16.0 Å². The average Bonchev–Trinajstić information content (AvgIpc) is 3.01. The van der Waals surface area contributed by atoms with Gasteiger partial charge in [-0.05, 0) is 42.3 Å². The van der Waals surface area contributed by atoms with Gasteiger partial charge in [-0.1, -0.05) is 12.1 Å². The summed E-state index contributed by atoms with van der Waals surface area (Å²) < 4.78 is 5.81. The lowest BCUT2D eigenvalue weighted by Crippen LogP contribution is -2.54. The predicted molar refractivity (Wildman–Crippen MR) is 114 cm³/mol. The summed E-state index contributed by atoms with van der Waals surface area (Å²) >= 11 is 0. The molecule has 3 N–H and O–H groups in total. The Bertz CT molecular complexity index is 1110. The Morgan fingerprint density at radius 1 is 1.00 bits per heavy atom. The molecule has 2 fully saturated rings. The molecule has 0 aliphatic carbocycles. The first-order valence-electron chi connectivity index (χ1n) is 10.6. The fraction of sp³-hybridized carbons (Fsp3) is 0.304. The summed E-state index contributed by atoms with van der Waals surface area (Å²) in [6, 6.07) is 11.7. The van der Waals surface area contributed by atoms with E-state index in [0.717, 1.165) is 29.4 Å². The van der Waals surface area contributed by atoms with Gasteiger partial charge in [0, 0.05) is 31.7 Å². The van der Waals surface area contributed by atoms with Crippen LogP contribution in [-0.4, -0.2) is 53.8 Å². The van der Waals surface area contributed by atoms with Crippen molar-refractivity contribution in [2.45, 2.75) is 31.5 Å². The van der Waals surface area contributed by atoms with Crippen LogP contribution in [-0.2, 0) is 16.1 Å². The van der Waals surface area contributed by atoms with E-state index >= 15 is 0 Å². The van der Waals surface area contributed by atoms with Crippen LogP contribution in [0.2, 0.25) is 0 Å². The van der Waals surface area contributed by atoms with Gasteiger partial charge in [-0.25, -0.2) is 0 Å². The molecule has 2 aromatic carbocycles. The van der Waals surface area contributed by atoms with E-state index < -0.39 is 29.7 Å². The fourth-order valence-electron chi connectivity index (χ4n) is 4.12. The fourth-order valence-corrected chi connectivity index (χ4v) is 4.12. The van der Waals surface area contributed by atoms with Crippen molar-refractivity contribution in [2.75, 3.05) is 18.4 Å². The number of amides is 4. The van der Waals surface area contributed by atoms with Gasteiger partial charge >= 0.3 is 0 Å². The highest BCUT2D eigenvalue weighted by Crippen LogP contribution is 2.30. The number of carbonyl (C=O) groups excluding carboxylic acids is 4. The van der Waals surface area contributed by atoms with E-state index in [4.69, 9.17) is 4.74 Å². The summed E-state index contributed by atoms with van der Waals surface area (Å²) in [5, 5.41) is 8.64. The molecule has 0 bridgehead atoms. The minimum atomic E-state index is -0.973. The summed E-state index contributed by atoms with van der Waals surface area (Å²) in [6.07, 6.45) is 0.432. The number of piperidine rings is 1. The molecule has 164 valence electrons. The Kier molecular flexibility index (Phi) is 5.10. The van der Waals surface area contributed by atoms with Gasteiger partial charge in [0.25, 0.3) is 11.8 Å². The smallest absolute Gasteiger partial charge is 0.262 e. The molecule has 2 saturated heterocycles. The van der Waals surface area contributed by atoms with Crippen LogP contribution in [0.25, 0.3) is 0 Å². The van der Waals surface area contributed by atoms with Crippen molar-refractivity contribution in [1.29, 1.82) is 0 Å². The van der Waals surface area contributed by atoms with Crippen LogP contribution < -0.4 is 20.7 Å². The second-order valence-electron chi connectivity index (χ2n) is 8.06. The third-order valence-electron chi connectivity index (χ3n) is 5.94. The lowest BCUT2D eigenvalue weighted by molar-refractivity contribution is -0.136. The third-order valence-corrected chi connectivity index (χ3v) is 5.94. The van der Waals surface area contributed by atoms with Gasteiger partial charge in [-0.15, -0.1) is 0 Å². The SMILES string of the molecule is O=C1CCC(N2C(=O)c3cccc(CNc4ccc(OC5CNC5)cc4)c3C2=O)C(=O)N1. The van der Waals surface area contributed by atoms with Crippen LogP contribution in [0.4, 0.5) is 5.69 Å². The van der Waals surface area contributed by atoms with Crippen molar-refractivity contribution < 1.29 is 23.9 Å². The molecule has 0 radical (unpaired) electrons. The van der Waals surface area contributed by atoms with Gasteiger partial charge in [0.15, 0.2) is 0 Å². The molecule has 9 heteroatoms. The maximum atomic E-state index is 13.1. The van der Waals surface area contributed by atoms with Crippen LogP contribution in [0.3, 0.4) is 0 Å². The Labute approximate surface area is 184 Å². The maximum absolute atomic E-state index is 13.1. The van der Waals surface area contributed by atoms with Crippen LogP contribution >= 0.6 is 0 Å². The molecule has 0 aromatic heterocycles. The number of benzene rings is 2. The second kappa shape index (κ2) is 8.08. The molecule has 3 heterocycles.